The molecule has 27 heavy (non-hydrogen) atoms. The minimum absolute atomic E-state index is 0.00118. The molecule has 2 amide bonds. The summed E-state index contributed by atoms with van der Waals surface area (Å²) < 4.78 is 13.9. The van der Waals surface area contributed by atoms with Crippen LogP contribution in [0, 0.1) is 5.82 Å². The Bertz CT molecular complexity index is 851. The van der Waals surface area contributed by atoms with E-state index < -0.39 is 5.82 Å². The molecule has 3 rings (SSSR count). The summed E-state index contributed by atoms with van der Waals surface area (Å²) in [6, 6.07) is 11.5. The van der Waals surface area contributed by atoms with Gasteiger partial charge in [0.15, 0.2) is 0 Å². The number of hydrogen-bond acceptors (Lipinski definition) is 3. The second kappa shape index (κ2) is 8.39. The average Bonchev–Trinajstić information content (AvgIpc) is 2.67. The Balaban J connectivity index is 1.53. The summed E-state index contributed by atoms with van der Waals surface area (Å²) in [7, 11) is 0. The van der Waals surface area contributed by atoms with Crippen molar-refractivity contribution >= 4 is 29.1 Å². The Labute approximate surface area is 162 Å². The van der Waals surface area contributed by atoms with Crippen LogP contribution in [0.5, 0.6) is 0 Å². The van der Waals surface area contributed by atoms with Crippen LogP contribution in [0.4, 0.5) is 10.1 Å². The van der Waals surface area contributed by atoms with Gasteiger partial charge in [-0.15, -0.1) is 0 Å². The summed E-state index contributed by atoms with van der Waals surface area (Å²) in [5.74, 6) is -0.984. The summed E-state index contributed by atoms with van der Waals surface area (Å²) in [6.07, 6.45) is 0.953. The molecule has 2 aromatic rings. The smallest absolute Gasteiger partial charge is 0.256 e. The van der Waals surface area contributed by atoms with Crippen molar-refractivity contribution in [2.75, 3.05) is 31.9 Å². The minimum Gasteiger partial charge on any atom is -0.399 e. The van der Waals surface area contributed by atoms with Crippen LogP contribution in [0.25, 0.3) is 0 Å². The van der Waals surface area contributed by atoms with Crippen LogP contribution in [-0.2, 0) is 11.2 Å². The third kappa shape index (κ3) is 4.57. The summed E-state index contributed by atoms with van der Waals surface area (Å²) in [6.45, 7) is 1.62. The lowest BCUT2D eigenvalue weighted by Gasteiger charge is -2.35. The largest absolute Gasteiger partial charge is 0.399 e. The van der Waals surface area contributed by atoms with E-state index in [0.717, 1.165) is 11.6 Å². The van der Waals surface area contributed by atoms with E-state index in [1.165, 1.54) is 12.1 Å². The average molecular weight is 390 g/mol. The van der Waals surface area contributed by atoms with Crippen LogP contribution in [0.1, 0.15) is 22.3 Å². The molecular formula is C20H21ClFN3O2. The molecule has 0 atom stereocenters. The highest BCUT2D eigenvalue weighted by Gasteiger charge is 2.26. The number of nitrogens with two attached hydrogens (primary N) is 1. The molecule has 0 radical (unpaired) electrons. The van der Waals surface area contributed by atoms with E-state index in [4.69, 9.17) is 17.3 Å². The molecule has 2 aromatic carbocycles. The number of piperazine rings is 1. The Hall–Kier alpha value is -2.60. The van der Waals surface area contributed by atoms with Crippen molar-refractivity contribution in [3.8, 4) is 0 Å². The van der Waals surface area contributed by atoms with Crippen molar-refractivity contribution in [3.05, 3.63) is 64.4 Å². The van der Waals surface area contributed by atoms with Gasteiger partial charge < -0.3 is 15.5 Å². The number of hydrogen-bond donors (Lipinski definition) is 1. The van der Waals surface area contributed by atoms with Gasteiger partial charge in [0.05, 0.1) is 5.56 Å². The summed E-state index contributed by atoms with van der Waals surface area (Å²) in [5.41, 5.74) is 7.55. The Morgan fingerprint density at radius 3 is 2.37 bits per heavy atom. The third-order valence-corrected chi connectivity index (χ3v) is 4.98. The van der Waals surface area contributed by atoms with Gasteiger partial charge >= 0.3 is 0 Å². The standard InChI is InChI=1S/C20H21ClFN3O2/c21-15-6-7-16(17(22)13-15)20(27)25-11-9-24(10-12-25)19(26)8-5-14-3-1-2-4-18(14)23/h1-4,6-7,13H,5,8-12,23H2. The number of amides is 2. The molecule has 7 heteroatoms. The number of carbonyl (C=O) groups excluding carboxylic acids is 2. The molecule has 1 heterocycles. The highest BCUT2D eigenvalue weighted by molar-refractivity contribution is 6.30. The van der Waals surface area contributed by atoms with Crippen LogP contribution in [0.3, 0.4) is 0 Å². The fraction of sp³-hybridized carbons (Fsp3) is 0.300. The Morgan fingerprint density at radius 2 is 1.70 bits per heavy atom. The second-order valence-electron chi connectivity index (χ2n) is 6.50. The highest BCUT2D eigenvalue weighted by atomic mass is 35.5. The van der Waals surface area contributed by atoms with E-state index in [-0.39, 0.29) is 22.4 Å². The quantitative estimate of drug-likeness (QED) is 0.817. The van der Waals surface area contributed by atoms with Gasteiger partial charge in [0.2, 0.25) is 5.91 Å². The van der Waals surface area contributed by atoms with Crippen molar-refractivity contribution < 1.29 is 14.0 Å². The molecule has 0 aromatic heterocycles. The lowest BCUT2D eigenvalue weighted by Crippen LogP contribution is -2.50. The predicted octanol–water partition coefficient (Wildman–Crippen LogP) is 2.98. The van der Waals surface area contributed by atoms with Gasteiger partial charge in [-0.05, 0) is 36.2 Å². The van der Waals surface area contributed by atoms with Gasteiger partial charge in [0.1, 0.15) is 5.82 Å². The van der Waals surface area contributed by atoms with Crippen molar-refractivity contribution in [1.82, 2.24) is 9.80 Å². The van der Waals surface area contributed by atoms with Crippen molar-refractivity contribution in [2.45, 2.75) is 12.8 Å². The van der Waals surface area contributed by atoms with E-state index in [2.05, 4.69) is 0 Å². The molecular weight excluding hydrogens is 369 g/mol. The van der Waals surface area contributed by atoms with E-state index >= 15 is 0 Å². The molecule has 1 fully saturated rings. The molecule has 2 N–H and O–H groups in total. The lowest BCUT2D eigenvalue weighted by atomic mass is 10.1. The first-order valence-electron chi connectivity index (χ1n) is 8.81. The normalized spacial score (nSPS) is 14.3. The number of aryl methyl sites for hydroxylation is 1. The number of para-hydroxylation sites is 1. The highest BCUT2D eigenvalue weighted by Crippen LogP contribution is 2.18. The third-order valence-electron chi connectivity index (χ3n) is 4.74. The molecule has 1 aliphatic rings. The number of nitrogens with zero attached hydrogens (tertiary/aromatic N) is 2. The molecule has 0 aliphatic carbocycles. The Kier molecular flexibility index (Phi) is 5.96. The second-order valence-corrected chi connectivity index (χ2v) is 6.93. The fourth-order valence-corrected chi connectivity index (χ4v) is 3.31. The first-order valence-corrected chi connectivity index (χ1v) is 9.19. The van der Waals surface area contributed by atoms with Crippen LogP contribution in [0.2, 0.25) is 5.02 Å². The van der Waals surface area contributed by atoms with Gasteiger partial charge in [-0.3, -0.25) is 9.59 Å². The number of nitrogen functional groups attached to an aromatic ring is 1. The van der Waals surface area contributed by atoms with Gasteiger partial charge in [0, 0.05) is 43.3 Å². The van der Waals surface area contributed by atoms with E-state index in [1.54, 1.807) is 9.80 Å². The molecule has 1 saturated heterocycles. The van der Waals surface area contributed by atoms with E-state index in [1.807, 2.05) is 24.3 Å². The molecule has 5 nitrogen and oxygen atoms in total. The Morgan fingerprint density at radius 1 is 1.04 bits per heavy atom. The topological polar surface area (TPSA) is 66.6 Å². The zero-order valence-electron chi connectivity index (χ0n) is 14.8. The van der Waals surface area contributed by atoms with Crippen LogP contribution in [-0.4, -0.2) is 47.8 Å². The summed E-state index contributed by atoms with van der Waals surface area (Å²) in [4.78, 5) is 28.2. The zero-order chi connectivity index (χ0) is 19.4. The molecule has 1 aliphatic heterocycles. The first-order chi connectivity index (χ1) is 13.0. The number of carbonyl (C=O) groups is 2. The number of benzene rings is 2. The zero-order valence-corrected chi connectivity index (χ0v) is 15.6. The number of anilines is 1. The SMILES string of the molecule is Nc1ccccc1CCC(=O)N1CCN(C(=O)c2ccc(Cl)cc2F)CC1. The maximum absolute atomic E-state index is 13.9. The van der Waals surface area contributed by atoms with Crippen molar-refractivity contribution in [3.63, 3.8) is 0 Å². The summed E-state index contributed by atoms with van der Waals surface area (Å²) >= 11 is 5.73. The van der Waals surface area contributed by atoms with Crippen LogP contribution in [0.15, 0.2) is 42.5 Å². The minimum atomic E-state index is -0.633. The molecule has 0 bridgehead atoms. The van der Waals surface area contributed by atoms with Gasteiger partial charge in [-0.1, -0.05) is 29.8 Å². The fourth-order valence-electron chi connectivity index (χ4n) is 3.15. The van der Waals surface area contributed by atoms with E-state index in [9.17, 15) is 14.0 Å². The van der Waals surface area contributed by atoms with Crippen molar-refractivity contribution in [2.24, 2.45) is 0 Å². The first kappa shape index (κ1) is 19.2. The van der Waals surface area contributed by atoms with Crippen LogP contribution < -0.4 is 5.73 Å². The number of rotatable bonds is 4. The summed E-state index contributed by atoms with van der Waals surface area (Å²) in [5, 5.41) is 0.249. The van der Waals surface area contributed by atoms with Gasteiger partial charge in [-0.2, -0.15) is 0 Å². The van der Waals surface area contributed by atoms with Gasteiger partial charge in [0.25, 0.3) is 5.91 Å². The molecule has 0 unspecified atom stereocenters. The maximum atomic E-state index is 13.9. The maximum Gasteiger partial charge on any atom is 0.256 e. The lowest BCUT2D eigenvalue weighted by molar-refractivity contribution is -0.132. The van der Waals surface area contributed by atoms with E-state index in [0.29, 0.717) is 44.7 Å². The predicted molar refractivity (Wildman–Crippen MR) is 103 cm³/mol. The monoisotopic (exact) mass is 389 g/mol. The van der Waals surface area contributed by atoms with Crippen molar-refractivity contribution in [1.29, 1.82) is 0 Å². The molecule has 0 spiro atoms. The van der Waals surface area contributed by atoms with Crippen LogP contribution >= 0.6 is 11.6 Å². The molecule has 142 valence electrons. The van der Waals surface area contributed by atoms with Gasteiger partial charge in [-0.25, -0.2) is 4.39 Å². The number of halogens is 2. The molecule has 0 saturated carbocycles.